The zero-order chi connectivity index (χ0) is 14.5. The summed E-state index contributed by atoms with van der Waals surface area (Å²) in [6.45, 7) is 4.12. The first kappa shape index (κ1) is 13.9. The second-order valence-electron chi connectivity index (χ2n) is 4.25. The molecule has 0 unspecified atom stereocenters. The van der Waals surface area contributed by atoms with Crippen molar-refractivity contribution in [1.82, 2.24) is 4.98 Å². The van der Waals surface area contributed by atoms with E-state index >= 15 is 0 Å². The van der Waals surface area contributed by atoms with Gasteiger partial charge in [-0.25, -0.2) is 0 Å². The lowest BCUT2D eigenvalue weighted by Crippen LogP contribution is -2.15. The Bertz CT molecular complexity index is 626. The third kappa shape index (κ3) is 2.88. The highest BCUT2D eigenvalue weighted by Crippen LogP contribution is 2.27. The van der Waals surface area contributed by atoms with Crippen LogP contribution in [0.2, 0.25) is 0 Å². The number of nitrogens with two attached hydrogens (primary N) is 1. The van der Waals surface area contributed by atoms with Crippen LogP contribution in [0.5, 0.6) is 5.75 Å². The number of amides is 1. The number of anilines is 2. The molecule has 5 nitrogen and oxygen atoms in total. The zero-order valence-electron chi connectivity index (χ0n) is 11.5. The molecule has 20 heavy (non-hydrogen) atoms. The molecule has 104 valence electrons. The molecule has 1 aromatic heterocycles. The maximum atomic E-state index is 12.3. The third-order valence-electron chi connectivity index (χ3n) is 2.83. The average molecular weight is 271 g/mol. The van der Waals surface area contributed by atoms with E-state index in [1.807, 2.05) is 13.8 Å². The smallest absolute Gasteiger partial charge is 0.259 e. The van der Waals surface area contributed by atoms with Gasteiger partial charge in [0, 0.05) is 6.20 Å². The van der Waals surface area contributed by atoms with Crippen molar-refractivity contribution in [1.29, 1.82) is 0 Å². The molecule has 0 aliphatic rings. The molecule has 0 saturated carbocycles. The minimum absolute atomic E-state index is 0.267. The summed E-state index contributed by atoms with van der Waals surface area (Å²) in [5, 5.41) is 2.82. The van der Waals surface area contributed by atoms with Gasteiger partial charge in [0.2, 0.25) is 0 Å². The molecule has 0 bridgehead atoms. The van der Waals surface area contributed by atoms with E-state index in [1.54, 1.807) is 36.5 Å². The summed E-state index contributed by atoms with van der Waals surface area (Å²) < 4.78 is 5.46. The fourth-order valence-electron chi connectivity index (χ4n) is 1.85. The van der Waals surface area contributed by atoms with Gasteiger partial charge in [0.15, 0.2) is 5.75 Å². The largest absolute Gasteiger partial charge is 0.491 e. The van der Waals surface area contributed by atoms with Crippen LogP contribution in [0.4, 0.5) is 11.4 Å². The Labute approximate surface area is 117 Å². The van der Waals surface area contributed by atoms with Crippen molar-refractivity contribution in [3.05, 3.63) is 47.8 Å². The quantitative estimate of drug-likeness (QED) is 0.838. The van der Waals surface area contributed by atoms with E-state index in [0.717, 1.165) is 5.69 Å². The number of carbonyl (C=O) groups excluding carboxylic acids is 1. The van der Waals surface area contributed by atoms with Gasteiger partial charge in [-0.2, -0.15) is 0 Å². The van der Waals surface area contributed by atoms with Crippen molar-refractivity contribution in [2.75, 3.05) is 17.7 Å². The highest BCUT2D eigenvalue weighted by Gasteiger charge is 2.15. The maximum absolute atomic E-state index is 12.3. The molecule has 0 spiro atoms. The number of nitrogens with one attached hydrogen (secondary N) is 1. The summed E-state index contributed by atoms with van der Waals surface area (Å²) in [7, 11) is 0. The van der Waals surface area contributed by atoms with E-state index in [2.05, 4.69) is 10.3 Å². The molecule has 0 saturated heterocycles. The number of hydrogen-bond acceptors (Lipinski definition) is 4. The van der Waals surface area contributed by atoms with Crippen LogP contribution in [0.25, 0.3) is 0 Å². The lowest BCUT2D eigenvalue weighted by atomic mass is 10.1. The van der Waals surface area contributed by atoms with Crippen molar-refractivity contribution in [3.8, 4) is 5.75 Å². The van der Waals surface area contributed by atoms with Crippen LogP contribution >= 0.6 is 0 Å². The Morgan fingerprint density at radius 3 is 2.85 bits per heavy atom. The van der Waals surface area contributed by atoms with E-state index in [4.69, 9.17) is 10.5 Å². The molecular weight excluding hydrogens is 254 g/mol. The summed E-state index contributed by atoms with van der Waals surface area (Å²) in [4.78, 5) is 16.5. The normalized spacial score (nSPS) is 10.1. The predicted molar refractivity (Wildman–Crippen MR) is 79.0 cm³/mol. The van der Waals surface area contributed by atoms with Gasteiger partial charge >= 0.3 is 0 Å². The molecule has 2 rings (SSSR count). The van der Waals surface area contributed by atoms with Gasteiger partial charge in [-0.3, -0.25) is 9.78 Å². The van der Waals surface area contributed by atoms with E-state index in [9.17, 15) is 4.79 Å². The zero-order valence-corrected chi connectivity index (χ0v) is 11.5. The molecule has 1 aromatic carbocycles. The minimum Gasteiger partial charge on any atom is -0.491 e. The number of carbonyl (C=O) groups is 1. The number of ether oxygens (including phenoxy) is 1. The fraction of sp³-hybridized carbons (Fsp3) is 0.200. The standard InChI is InChI=1S/C15H17N3O2/c1-3-20-14-11(6-4-7-12(14)16)15(19)18-13-8-5-9-17-10(13)2/h4-9H,3,16H2,1-2H3,(H,18,19). The summed E-state index contributed by atoms with van der Waals surface area (Å²) in [6, 6.07) is 8.68. The van der Waals surface area contributed by atoms with Gasteiger partial charge in [0.05, 0.1) is 29.2 Å². The third-order valence-corrected chi connectivity index (χ3v) is 2.83. The van der Waals surface area contributed by atoms with Crippen molar-refractivity contribution >= 4 is 17.3 Å². The van der Waals surface area contributed by atoms with E-state index < -0.39 is 0 Å². The number of nitrogen functional groups attached to an aromatic ring is 1. The molecule has 0 aliphatic heterocycles. The van der Waals surface area contributed by atoms with Crippen LogP contribution in [-0.2, 0) is 0 Å². The number of para-hydroxylation sites is 1. The molecule has 1 heterocycles. The van der Waals surface area contributed by atoms with Crippen LogP contribution in [0.15, 0.2) is 36.5 Å². The Kier molecular flexibility index (Phi) is 4.20. The monoisotopic (exact) mass is 271 g/mol. The number of pyridine rings is 1. The highest BCUT2D eigenvalue weighted by atomic mass is 16.5. The van der Waals surface area contributed by atoms with E-state index in [0.29, 0.717) is 29.3 Å². The molecule has 1 amide bonds. The summed E-state index contributed by atoms with van der Waals surface area (Å²) in [5.74, 6) is 0.144. The van der Waals surface area contributed by atoms with Crippen molar-refractivity contribution in [2.45, 2.75) is 13.8 Å². The van der Waals surface area contributed by atoms with Gasteiger partial charge in [0.1, 0.15) is 0 Å². The van der Waals surface area contributed by atoms with Crippen LogP contribution in [0.1, 0.15) is 23.0 Å². The molecule has 0 fully saturated rings. The number of aryl methyl sites for hydroxylation is 1. The Hall–Kier alpha value is -2.56. The van der Waals surface area contributed by atoms with Crippen molar-refractivity contribution < 1.29 is 9.53 Å². The minimum atomic E-state index is -0.267. The second kappa shape index (κ2) is 6.06. The van der Waals surface area contributed by atoms with Crippen molar-refractivity contribution in [3.63, 3.8) is 0 Å². The molecule has 0 atom stereocenters. The Morgan fingerprint density at radius 1 is 1.35 bits per heavy atom. The Morgan fingerprint density at radius 2 is 2.15 bits per heavy atom. The average Bonchev–Trinajstić information content (AvgIpc) is 2.43. The van der Waals surface area contributed by atoms with Gasteiger partial charge in [-0.1, -0.05) is 6.07 Å². The van der Waals surface area contributed by atoms with Gasteiger partial charge < -0.3 is 15.8 Å². The first-order valence-electron chi connectivity index (χ1n) is 6.37. The SMILES string of the molecule is CCOc1c(N)cccc1C(=O)Nc1cccnc1C. The lowest BCUT2D eigenvalue weighted by molar-refractivity contribution is 0.102. The van der Waals surface area contributed by atoms with Crippen LogP contribution in [0.3, 0.4) is 0 Å². The maximum Gasteiger partial charge on any atom is 0.259 e. The summed E-state index contributed by atoms with van der Waals surface area (Å²) >= 11 is 0. The molecule has 0 aliphatic carbocycles. The molecule has 3 N–H and O–H groups in total. The molecule has 0 radical (unpaired) electrons. The molecule has 2 aromatic rings. The number of hydrogen-bond donors (Lipinski definition) is 2. The summed E-state index contributed by atoms with van der Waals surface area (Å²) in [6.07, 6.45) is 1.68. The number of benzene rings is 1. The van der Waals surface area contributed by atoms with Gasteiger partial charge in [-0.15, -0.1) is 0 Å². The first-order chi connectivity index (χ1) is 9.63. The van der Waals surface area contributed by atoms with Crippen LogP contribution < -0.4 is 15.8 Å². The fourth-order valence-corrected chi connectivity index (χ4v) is 1.85. The van der Waals surface area contributed by atoms with Crippen LogP contribution in [0, 0.1) is 6.92 Å². The first-order valence-corrected chi connectivity index (χ1v) is 6.37. The second-order valence-corrected chi connectivity index (χ2v) is 4.25. The summed E-state index contributed by atoms with van der Waals surface area (Å²) in [5.41, 5.74) is 8.13. The van der Waals surface area contributed by atoms with Crippen molar-refractivity contribution in [2.24, 2.45) is 0 Å². The van der Waals surface area contributed by atoms with Crippen LogP contribution in [-0.4, -0.2) is 17.5 Å². The van der Waals surface area contributed by atoms with Gasteiger partial charge in [0.25, 0.3) is 5.91 Å². The molecular formula is C15H17N3O2. The number of rotatable bonds is 4. The Balaban J connectivity index is 2.30. The van der Waals surface area contributed by atoms with Gasteiger partial charge in [-0.05, 0) is 38.1 Å². The number of nitrogens with zero attached hydrogens (tertiary/aromatic N) is 1. The topological polar surface area (TPSA) is 77.2 Å². The van der Waals surface area contributed by atoms with E-state index in [1.165, 1.54) is 0 Å². The lowest BCUT2D eigenvalue weighted by Gasteiger charge is -2.13. The van der Waals surface area contributed by atoms with E-state index in [-0.39, 0.29) is 5.91 Å². The highest BCUT2D eigenvalue weighted by molar-refractivity contribution is 6.07. The number of aromatic nitrogens is 1. The molecule has 5 heteroatoms. The predicted octanol–water partition coefficient (Wildman–Crippen LogP) is 2.62.